The van der Waals surface area contributed by atoms with E-state index in [0.717, 1.165) is 30.3 Å². The number of likely N-dealkylation sites (N-methyl/N-ethyl adjacent to an activating group) is 1. The molecule has 2 fully saturated rings. The van der Waals surface area contributed by atoms with Crippen LogP contribution in [0.3, 0.4) is 0 Å². The number of phenols is 2. The van der Waals surface area contributed by atoms with Gasteiger partial charge in [0.05, 0.1) is 0 Å². The molecule has 1 saturated carbocycles. The zero-order valence-corrected chi connectivity index (χ0v) is 14.7. The number of nitrogens with zero attached hydrogens (tertiary/aromatic N) is 2. The van der Waals surface area contributed by atoms with Gasteiger partial charge >= 0.3 is 143 Å². The van der Waals surface area contributed by atoms with Crippen molar-refractivity contribution in [1.29, 1.82) is 0 Å². The van der Waals surface area contributed by atoms with Crippen molar-refractivity contribution in [3.8, 4) is 11.5 Å². The predicted octanol–water partition coefficient (Wildman–Crippen LogP) is 1.80. The zero-order valence-electron chi connectivity index (χ0n) is 13.0. The van der Waals surface area contributed by atoms with E-state index in [-0.39, 0.29) is 23.4 Å². The van der Waals surface area contributed by atoms with Crippen molar-refractivity contribution in [2.24, 2.45) is 0 Å². The molecule has 1 saturated heterocycles. The first kappa shape index (κ1) is 16.1. The number of carbonyl (C=O) groups is 1. The predicted molar refractivity (Wildman–Crippen MR) is 90.0 cm³/mol. The van der Waals surface area contributed by atoms with Crippen LogP contribution in [0.2, 0.25) is 0 Å². The monoisotopic (exact) mass is 380 g/mol. The third-order valence-corrected chi connectivity index (χ3v) is 5.53. The molecule has 0 spiro atoms. The molecule has 1 aromatic rings. The van der Waals surface area contributed by atoms with Crippen LogP contribution in [0.4, 0.5) is 0 Å². The zero-order chi connectivity index (χ0) is 16.6. The molecule has 0 bridgehead atoms. The molecule has 0 aromatic heterocycles. The van der Waals surface area contributed by atoms with Crippen molar-refractivity contribution in [3.05, 3.63) is 29.5 Å². The molecule has 3 rings (SSSR count). The Hall–Kier alpha value is -1.78. The van der Waals surface area contributed by atoms with E-state index in [4.69, 9.17) is 0 Å². The Morgan fingerprint density at radius 2 is 1.91 bits per heavy atom. The van der Waals surface area contributed by atoms with Crippen molar-refractivity contribution in [3.63, 3.8) is 0 Å². The van der Waals surface area contributed by atoms with Gasteiger partial charge in [0.1, 0.15) is 0 Å². The Labute approximate surface area is 143 Å². The number of carbonyl (C=O) groups excluding carboxylic acids is 1. The summed E-state index contributed by atoms with van der Waals surface area (Å²) in [7, 11) is 1.84. The summed E-state index contributed by atoms with van der Waals surface area (Å²) in [6.45, 7) is 0. The number of rotatable bonds is 2. The summed E-state index contributed by atoms with van der Waals surface area (Å²) < 4.78 is 0.811. The number of aromatic hydroxyl groups is 2. The second-order valence-corrected chi connectivity index (χ2v) is 6.85. The molecule has 0 atom stereocenters. The topological polar surface area (TPSA) is 64.0 Å². The normalized spacial score (nSPS) is 21.5. The van der Waals surface area contributed by atoms with Gasteiger partial charge in [-0.25, -0.2) is 0 Å². The maximum atomic E-state index is 12.9. The Kier molecular flexibility index (Phi) is 4.46. The summed E-state index contributed by atoms with van der Waals surface area (Å²) >= 11 is 3.01. The fourth-order valence-electron chi connectivity index (χ4n) is 3.24. The first-order valence-electron chi connectivity index (χ1n) is 7.84. The maximum absolute atomic E-state index is 12.9. The molecular weight excluding hydrogens is 359 g/mol. The van der Waals surface area contributed by atoms with Crippen LogP contribution in [-0.2, 0) is 4.79 Å². The van der Waals surface area contributed by atoms with Gasteiger partial charge in [0, 0.05) is 0 Å². The molecular formula is C17H20N2O3Se. The van der Waals surface area contributed by atoms with Crippen molar-refractivity contribution >= 4 is 32.2 Å². The average Bonchev–Trinajstić information content (AvgIpc) is 2.74. The van der Waals surface area contributed by atoms with E-state index in [0.29, 0.717) is 11.3 Å². The number of hydrogen-bond donors (Lipinski definition) is 2. The number of benzene rings is 1. The van der Waals surface area contributed by atoms with E-state index in [1.165, 1.54) is 18.6 Å². The quantitative estimate of drug-likeness (QED) is 0.608. The van der Waals surface area contributed by atoms with Gasteiger partial charge in [-0.1, -0.05) is 0 Å². The standard InChI is InChI=1S/C17H20N2O3Se/c1-18-14(9-11-7-8-13(20)10-15(11)21)16(22)19(17(18)23)12-5-3-2-4-6-12/h7-10,12,20-21H,2-6H2,1H3. The van der Waals surface area contributed by atoms with Crippen LogP contribution in [0.15, 0.2) is 23.9 Å². The van der Waals surface area contributed by atoms with Gasteiger partial charge in [-0.3, -0.25) is 0 Å². The molecule has 1 aliphatic heterocycles. The van der Waals surface area contributed by atoms with Crippen molar-refractivity contribution in [2.45, 2.75) is 38.1 Å². The Bertz CT molecular complexity index is 680. The van der Waals surface area contributed by atoms with Gasteiger partial charge in [0.15, 0.2) is 0 Å². The minimum absolute atomic E-state index is 0.00402. The Morgan fingerprint density at radius 1 is 1.22 bits per heavy atom. The molecule has 0 unspecified atom stereocenters. The molecule has 1 heterocycles. The van der Waals surface area contributed by atoms with Crippen LogP contribution < -0.4 is 0 Å². The summed E-state index contributed by atoms with van der Waals surface area (Å²) in [5.74, 6) is -0.0901. The molecule has 122 valence electrons. The number of phenolic OH excluding ortho intramolecular Hbond substituents is 2. The van der Waals surface area contributed by atoms with Crippen LogP contribution in [0.25, 0.3) is 6.08 Å². The summed E-state index contributed by atoms with van der Waals surface area (Å²) in [5, 5.41) is 19.3. The van der Waals surface area contributed by atoms with Crippen LogP contribution in [0.5, 0.6) is 11.5 Å². The van der Waals surface area contributed by atoms with Crippen molar-refractivity contribution in [2.75, 3.05) is 7.05 Å². The fourth-order valence-corrected chi connectivity index (χ4v) is 3.93. The third kappa shape index (κ3) is 3.01. The van der Waals surface area contributed by atoms with Crippen LogP contribution in [-0.4, -0.2) is 59.3 Å². The van der Waals surface area contributed by atoms with E-state index in [1.807, 2.05) is 16.8 Å². The third-order valence-electron chi connectivity index (χ3n) is 4.54. The van der Waals surface area contributed by atoms with Gasteiger partial charge in [0.2, 0.25) is 0 Å². The summed E-state index contributed by atoms with van der Waals surface area (Å²) in [5.41, 5.74) is 1.03. The molecule has 1 amide bonds. The molecule has 23 heavy (non-hydrogen) atoms. The van der Waals surface area contributed by atoms with Gasteiger partial charge in [-0.2, -0.15) is 0 Å². The fraction of sp³-hybridized carbons (Fsp3) is 0.412. The van der Waals surface area contributed by atoms with E-state index >= 15 is 0 Å². The molecule has 2 N–H and O–H groups in total. The Balaban J connectivity index is 1.92. The molecule has 1 aromatic carbocycles. The van der Waals surface area contributed by atoms with E-state index < -0.39 is 0 Å². The van der Waals surface area contributed by atoms with Gasteiger partial charge in [-0.15, -0.1) is 0 Å². The number of amides is 1. The molecule has 0 radical (unpaired) electrons. The van der Waals surface area contributed by atoms with Gasteiger partial charge < -0.3 is 0 Å². The van der Waals surface area contributed by atoms with E-state index in [1.54, 1.807) is 12.1 Å². The minimum atomic E-state index is -0.0450. The molecule has 2 aliphatic rings. The van der Waals surface area contributed by atoms with E-state index in [9.17, 15) is 15.0 Å². The van der Waals surface area contributed by atoms with Crippen LogP contribution in [0, 0.1) is 0 Å². The molecule has 6 heteroatoms. The van der Waals surface area contributed by atoms with Crippen molar-refractivity contribution in [1.82, 2.24) is 9.80 Å². The summed E-state index contributed by atoms with van der Waals surface area (Å²) in [6, 6.07) is 4.61. The molecule has 5 nitrogen and oxygen atoms in total. The first-order chi connectivity index (χ1) is 11.0. The van der Waals surface area contributed by atoms with Crippen LogP contribution >= 0.6 is 0 Å². The first-order valence-corrected chi connectivity index (χ1v) is 8.69. The van der Waals surface area contributed by atoms with Crippen LogP contribution in [0.1, 0.15) is 37.7 Å². The van der Waals surface area contributed by atoms with Gasteiger partial charge in [0.25, 0.3) is 0 Å². The second kappa shape index (κ2) is 6.38. The average molecular weight is 379 g/mol. The molecule has 1 aliphatic carbocycles. The SMILES string of the molecule is CN1C(=[Se])N(C2CCCCC2)C(=O)C1=Cc1ccc(O)cc1O. The summed E-state index contributed by atoms with van der Waals surface area (Å²) in [6.07, 6.45) is 7.27. The van der Waals surface area contributed by atoms with Crippen molar-refractivity contribution < 1.29 is 15.0 Å². The Morgan fingerprint density at radius 3 is 2.57 bits per heavy atom. The van der Waals surface area contributed by atoms with E-state index in [2.05, 4.69) is 15.6 Å². The number of hydrogen-bond acceptors (Lipinski definition) is 4. The second-order valence-electron chi connectivity index (χ2n) is 6.08. The summed E-state index contributed by atoms with van der Waals surface area (Å²) in [4.78, 5) is 16.5. The van der Waals surface area contributed by atoms with Gasteiger partial charge in [-0.05, 0) is 0 Å².